The van der Waals surface area contributed by atoms with Gasteiger partial charge in [0.2, 0.25) is 0 Å². The molecule has 1 fully saturated rings. The zero-order chi connectivity index (χ0) is 15.1. The molecule has 0 spiro atoms. The summed E-state index contributed by atoms with van der Waals surface area (Å²) < 4.78 is 26.7. The van der Waals surface area contributed by atoms with E-state index in [9.17, 15) is 13.6 Å². The van der Waals surface area contributed by atoms with Crippen LogP contribution in [0.25, 0.3) is 0 Å². The lowest BCUT2D eigenvalue weighted by molar-refractivity contribution is -0.136. The first-order chi connectivity index (χ1) is 9.94. The Morgan fingerprint density at radius 3 is 2.67 bits per heavy atom. The standard InChI is InChI=1S/C14H14F2N2O2S/c15-9-1-7(2-10(16)4-9)8-3-12-11(5-13(19)20)17-14(21)18(12)6-8/h1-2,4,8,14,17,21H,3,5-6H2,(H,19,20)/t8-,14?/m1/s1. The molecule has 1 aromatic rings. The fraction of sp³-hybridized carbons (Fsp3) is 0.357. The van der Waals surface area contributed by atoms with E-state index in [0.717, 1.165) is 11.8 Å². The largest absolute Gasteiger partial charge is 0.481 e. The zero-order valence-electron chi connectivity index (χ0n) is 11.0. The average Bonchev–Trinajstić information content (AvgIpc) is 2.90. The van der Waals surface area contributed by atoms with Crippen LogP contribution in [0.3, 0.4) is 0 Å². The van der Waals surface area contributed by atoms with Gasteiger partial charge in [-0.25, -0.2) is 8.78 Å². The molecule has 3 rings (SSSR count). The second-order valence-electron chi connectivity index (χ2n) is 5.27. The van der Waals surface area contributed by atoms with E-state index >= 15 is 0 Å². The van der Waals surface area contributed by atoms with Crippen LogP contribution in [0.5, 0.6) is 0 Å². The number of carbonyl (C=O) groups is 1. The summed E-state index contributed by atoms with van der Waals surface area (Å²) in [7, 11) is 0. The number of thiol groups is 1. The molecule has 0 aliphatic carbocycles. The smallest absolute Gasteiger partial charge is 0.309 e. The van der Waals surface area contributed by atoms with Crippen molar-refractivity contribution in [3.05, 3.63) is 46.8 Å². The molecule has 7 heteroatoms. The second-order valence-corrected chi connectivity index (χ2v) is 5.76. The predicted molar refractivity (Wildman–Crippen MR) is 75.6 cm³/mol. The number of nitrogens with one attached hydrogen (secondary N) is 1. The Morgan fingerprint density at radius 1 is 1.38 bits per heavy atom. The molecule has 2 aliphatic heterocycles. The maximum Gasteiger partial charge on any atom is 0.309 e. The molecule has 0 bridgehead atoms. The normalized spacial score (nSPS) is 24.2. The highest BCUT2D eigenvalue weighted by molar-refractivity contribution is 7.80. The summed E-state index contributed by atoms with van der Waals surface area (Å²) in [5.41, 5.74) is 1.79. The molecule has 2 atom stereocenters. The van der Waals surface area contributed by atoms with E-state index < -0.39 is 17.6 Å². The Balaban J connectivity index is 1.88. The molecule has 2 heterocycles. The minimum Gasteiger partial charge on any atom is -0.481 e. The summed E-state index contributed by atoms with van der Waals surface area (Å²) in [5, 5.41) is 11.9. The number of carboxylic acid groups (broad SMARTS) is 1. The summed E-state index contributed by atoms with van der Waals surface area (Å²) >= 11 is 4.37. The van der Waals surface area contributed by atoms with Gasteiger partial charge in [-0.15, -0.1) is 12.6 Å². The molecule has 0 radical (unpaired) electrons. The molecular weight excluding hydrogens is 298 g/mol. The van der Waals surface area contributed by atoms with Crippen LogP contribution in [0.4, 0.5) is 8.78 Å². The van der Waals surface area contributed by atoms with Crippen molar-refractivity contribution < 1.29 is 18.7 Å². The van der Waals surface area contributed by atoms with Crippen molar-refractivity contribution in [2.24, 2.45) is 0 Å². The van der Waals surface area contributed by atoms with Gasteiger partial charge in [-0.1, -0.05) is 0 Å². The SMILES string of the molecule is O=C(O)CC1=C2C[C@@H](c3cc(F)cc(F)c3)CN2C(S)N1. The van der Waals surface area contributed by atoms with Crippen LogP contribution in [0.2, 0.25) is 0 Å². The number of hydrogen-bond donors (Lipinski definition) is 3. The molecule has 21 heavy (non-hydrogen) atoms. The first-order valence-electron chi connectivity index (χ1n) is 6.55. The number of carboxylic acids is 1. The van der Waals surface area contributed by atoms with Crippen molar-refractivity contribution in [1.82, 2.24) is 10.2 Å². The number of rotatable bonds is 3. The van der Waals surface area contributed by atoms with Gasteiger partial charge in [0.15, 0.2) is 0 Å². The predicted octanol–water partition coefficient (Wildman–Crippen LogP) is 2.26. The lowest BCUT2D eigenvalue weighted by Gasteiger charge is -2.20. The maximum absolute atomic E-state index is 13.3. The number of allylic oxidation sites excluding steroid dienone is 1. The molecule has 2 aliphatic rings. The lowest BCUT2D eigenvalue weighted by atomic mass is 9.96. The summed E-state index contributed by atoms with van der Waals surface area (Å²) in [5.74, 6) is -2.19. The van der Waals surface area contributed by atoms with Gasteiger partial charge in [0, 0.05) is 29.9 Å². The van der Waals surface area contributed by atoms with E-state index in [0.29, 0.717) is 24.2 Å². The quantitative estimate of drug-likeness (QED) is 0.750. The molecule has 0 aromatic heterocycles. The van der Waals surface area contributed by atoms with Gasteiger partial charge in [0.1, 0.15) is 17.1 Å². The van der Waals surface area contributed by atoms with Gasteiger partial charge in [-0.3, -0.25) is 4.79 Å². The second kappa shape index (κ2) is 5.22. The maximum atomic E-state index is 13.3. The van der Waals surface area contributed by atoms with Gasteiger partial charge in [0.05, 0.1) is 6.42 Å². The molecule has 2 N–H and O–H groups in total. The third kappa shape index (κ3) is 2.70. The molecule has 0 saturated carbocycles. The highest BCUT2D eigenvalue weighted by Gasteiger charge is 2.38. The monoisotopic (exact) mass is 312 g/mol. The molecule has 0 amide bonds. The summed E-state index contributed by atoms with van der Waals surface area (Å²) in [4.78, 5) is 12.8. The summed E-state index contributed by atoms with van der Waals surface area (Å²) in [6, 6.07) is 3.50. The summed E-state index contributed by atoms with van der Waals surface area (Å²) in [6.45, 7) is 0.558. The third-order valence-corrected chi connectivity index (χ3v) is 4.24. The zero-order valence-corrected chi connectivity index (χ0v) is 11.9. The Bertz CT molecular complexity index is 615. The topological polar surface area (TPSA) is 52.6 Å². The van der Waals surface area contributed by atoms with E-state index in [2.05, 4.69) is 17.9 Å². The fourth-order valence-corrected chi connectivity index (χ4v) is 3.35. The minimum absolute atomic E-state index is 0.0641. The highest BCUT2D eigenvalue weighted by atomic mass is 32.1. The first-order valence-corrected chi connectivity index (χ1v) is 7.06. The van der Waals surface area contributed by atoms with E-state index in [4.69, 9.17) is 5.11 Å². The highest BCUT2D eigenvalue weighted by Crippen LogP contribution is 2.41. The fourth-order valence-electron chi connectivity index (χ4n) is 2.96. The van der Waals surface area contributed by atoms with E-state index in [1.54, 1.807) is 0 Å². The van der Waals surface area contributed by atoms with E-state index in [-0.39, 0.29) is 17.8 Å². The molecule has 1 unspecified atom stereocenters. The third-order valence-electron chi connectivity index (χ3n) is 3.83. The Kier molecular flexibility index (Phi) is 3.52. The molecular formula is C14H14F2N2O2S. The van der Waals surface area contributed by atoms with E-state index in [1.807, 2.05) is 4.90 Å². The van der Waals surface area contributed by atoms with Crippen molar-refractivity contribution in [1.29, 1.82) is 0 Å². The Morgan fingerprint density at radius 2 is 2.05 bits per heavy atom. The van der Waals surface area contributed by atoms with Crippen LogP contribution in [0, 0.1) is 11.6 Å². The van der Waals surface area contributed by atoms with Crippen LogP contribution in [-0.4, -0.2) is 28.0 Å². The molecule has 1 saturated heterocycles. The average molecular weight is 312 g/mol. The number of nitrogens with zero attached hydrogens (tertiary/aromatic N) is 1. The van der Waals surface area contributed by atoms with Crippen molar-refractivity contribution in [3.63, 3.8) is 0 Å². The first kappa shape index (κ1) is 14.2. The van der Waals surface area contributed by atoms with Gasteiger partial charge >= 0.3 is 5.97 Å². The van der Waals surface area contributed by atoms with Crippen LogP contribution in [-0.2, 0) is 4.79 Å². The van der Waals surface area contributed by atoms with Crippen molar-refractivity contribution >= 4 is 18.6 Å². The van der Waals surface area contributed by atoms with Gasteiger partial charge < -0.3 is 15.3 Å². The van der Waals surface area contributed by atoms with Crippen LogP contribution < -0.4 is 5.32 Å². The molecule has 4 nitrogen and oxygen atoms in total. The Hall–Kier alpha value is -1.76. The number of aliphatic carboxylic acids is 1. The van der Waals surface area contributed by atoms with Crippen molar-refractivity contribution in [2.75, 3.05) is 6.54 Å². The molecule has 1 aromatic carbocycles. The number of fused-ring (bicyclic) bond motifs is 1. The van der Waals surface area contributed by atoms with E-state index in [1.165, 1.54) is 12.1 Å². The van der Waals surface area contributed by atoms with Crippen LogP contribution in [0.15, 0.2) is 29.6 Å². The van der Waals surface area contributed by atoms with Crippen LogP contribution in [0.1, 0.15) is 24.3 Å². The minimum atomic E-state index is -0.923. The van der Waals surface area contributed by atoms with Gasteiger partial charge in [-0.05, 0) is 24.1 Å². The number of hydrogen-bond acceptors (Lipinski definition) is 4. The molecule has 112 valence electrons. The Labute approximate surface area is 125 Å². The number of halogens is 2. The summed E-state index contributed by atoms with van der Waals surface area (Å²) in [6.07, 6.45) is 0.447. The van der Waals surface area contributed by atoms with Crippen LogP contribution >= 0.6 is 12.6 Å². The van der Waals surface area contributed by atoms with Gasteiger partial charge in [0.25, 0.3) is 0 Å². The van der Waals surface area contributed by atoms with Gasteiger partial charge in [-0.2, -0.15) is 0 Å². The van der Waals surface area contributed by atoms with Crippen molar-refractivity contribution in [3.8, 4) is 0 Å². The lowest BCUT2D eigenvalue weighted by Crippen LogP contribution is -2.32. The van der Waals surface area contributed by atoms with Crippen molar-refractivity contribution in [2.45, 2.75) is 24.3 Å². The number of benzene rings is 1.